The van der Waals surface area contributed by atoms with Crippen LogP contribution in [0.25, 0.3) is 0 Å². The van der Waals surface area contributed by atoms with E-state index in [0.29, 0.717) is 10.6 Å². The summed E-state index contributed by atoms with van der Waals surface area (Å²) in [5.74, 6) is -0.413. The van der Waals surface area contributed by atoms with Gasteiger partial charge in [-0.25, -0.2) is 9.18 Å². The number of benzene rings is 1. The lowest BCUT2D eigenvalue weighted by atomic mass is 9.80. The molecule has 1 aliphatic rings. The number of amides is 1. The maximum atomic E-state index is 13.3. The Morgan fingerprint density at radius 3 is 2.72 bits per heavy atom. The molecule has 1 aromatic carbocycles. The zero-order valence-electron chi connectivity index (χ0n) is 10.00. The molecule has 1 atom stereocenters. The Morgan fingerprint density at radius 1 is 1.44 bits per heavy atom. The summed E-state index contributed by atoms with van der Waals surface area (Å²) in [5, 5.41) is 3.01. The number of alkyl carbamates (subject to hydrolysis) is 1. The zero-order chi connectivity index (χ0) is 12.6. The van der Waals surface area contributed by atoms with Gasteiger partial charge in [0, 0.05) is 10.4 Å². The van der Waals surface area contributed by atoms with Gasteiger partial charge in [0.05, 0.1) is 6.04 Å². The molecular weight excluding hydrogens is 280 g/mol. The van der Waals surface area contributed by atoms with Crippen LogP contribution in [0.3, 0.4) is 0 Å². The molecule has 0 aliphatic carbocycles. The van der Waals surface area contributed by atoms with Gasteiger partial charge in [0.1, 0.15) is 12.4 Å². The fourth-order valence-corrected chi connectivity index (χ4v) is 2.20. The molecule has 1 saturated heterocycles. The van der Waals surface area contributed by atoms with Crippen LogP contribution in [0.15, 0.2) is 18.2 Å². The molecule has 0 bridgehead atoms. The molecule has 18 heavy (non-hydrogen) atoms. The molecule has 1 N–H and O–H groups in total. The SMILES string of the molecule is CC1(C)COC(=O)N[C@H]1c1cc(F)cc(Cl)c1.Cl. The van der Waals surface area contributed by atoms with Gasteiger partial charge >= 0.3 is 6.09 Å². The Morgan fingerprint density at radius 2 is 2.11 bits per heavy atom. The van der Waals surface area contributed by atoms with Crippen molar-refractivity contribution in [1.29, 1.82) is 0 Å². The minimum absolute atomic E-state index is 0. The van der Waals surface area contributed by atoms with Gasteiger partial charge in [-0.2, -0.15) is 0 Å². The predicted octanol–water partition coefficient (Wildman–Crippen LogP) is 3.71. The Kier molecular flexibility index (Phi) is 4.46. The molecule has 1 fully saturated rings. The van der Waals surface area contributed by atoms with Crippen LogP contribution < -0.4 is 5.32 Å². The highest BCUT2D eigenvalue weighted by molar-refractivity contribution is 6.30. The lowest BCUT2D eigenvalue weighted by molar-refractivity contribution is 0.0386. The smallest absolute Gasteiger partial charge is 0.407 e. The lowest BCUT2D eigenvalue weighted by Gasteiger charge is -2.38. The van der Waals surface area contributed by atoms with E-state index in [1.807, 2.05) is 13.8 Å². The van der Waals surface area contributed by atoms with Gasteiger partial charge in [-0.3, -0.25) is 0 Å². The Hall–Kier alpha value is -1.00. The van der Waals surface area contributed by atoms with E-state index in [-0.39, 0.29) is 30.5 Å². The van der Waals surface area contributed by atoms with Crippen molar-refractivity contribution < 1.29 is 13.9 Å². The summed E-state index contributed by atoms with van der Waals surface area (Å²) >= 11 is 5.81. The molecule has 0 saturated carbocycles. The van der Waals surface area contributed by atoms with Crippen LogP contribution in [-0.2, 0) is 4.74 Å². The third-order valence-electron chi connectivity index (χ3n) is 2.84. The zero-order valence-corrected chi connectivity index (χ0v) is 11.6. The molecule has 6 heteroatoms. The van der Waals surface area contributed by atoms with Crippen LogP contribution in [0.1, 0.15) is 25.5 Å². The lowest BCUT2D eigenvalue weighted by Crippen LogP contribution is -2.46. The topological polar surface area (TPSA) is 38.3 Å². The maximum absolute atomic E-state index is 13.3. The van der Waals surface area contributed by atoms with Gasteiger partial charge in [0.15, 0.2) is 0 Å². The number of nitrogens with one attached hydrogen (secondary N) is 1. The summed E-state index contributed by atoms with van der Waals surface area (Å²) in [6.07, 6.45) is -0.491. The minimum atomic E-state index is -0.491. The summed E-state index contributed by atoms with van der Waals surface area (Å²) < 4.78 is 18.2. The number of cyclic esters (lactones) is 1. The van der Waals surface area contributed by atoms with Crippen LogP contribution >= 0.6 is 24.0 Å². The first kappa shape index (κ1) is 15.1. The monoisotopic (exact) mass is 293 g/mol. The number of hydrogen-bond acceptors (Lipinski definition) is 2. The number of rotatable bonds is 1. The summed E-state index contributed by atoms with van der Waals surface area (Å²) in [5.41, 5.74) is 0.335. The molecule has 1 amide bonds. The van der Waals surface area contributed by atoms with Gasteiger partial charge in [-0.05, 0) is 23.8 Å². The van der Waals surface area contributed by atoms with Gasteiger partial charge in [0.25, 0.3) is 0 Å². The summed E-state index contributed by atoms with van der Waals surface area (Å²) in [7, 11) is 0. The van der Waals surface area contributed by atoms with E-state index in [0.717, 1.165) is 0 Å². The number of carbonyl (C=O) groups is 1. The fourth-order valence-electron chi connectivity index (χ4n) is 1.97. The third kappa shape index (κ3) is 3.06. The van der Waals surface area contributed by atoms with E-state index in [1.165, 1.54) is 12.1 Å². The number of halogens is 3. The summed E-state index contributed by atoms with van der Waals surface area (Å²) in [4.78, 5) is 11.2. The molecule has 0 radical (unpaired) electrons. The average Bonchev–Trinajstić information content (AvgIpc) is 2.20. The first-order chi connectivity index (χ1) is 7.88. The van der Waals surface area contributed by atoms with Crippen molar-refractivity contribution >= 4 is 30.1 Å². The number of hydrogen-bond donors (Lipinski definition) is 1. The van der Waals surface area contributed by atoms with Crippen molar-refractivity contribution in [2.45, 2.75) is 19.9 Å². The molecule has 0 aromatic heterocycles. The third-order valence-corrected chi connectivity index (χ3v) is 3.06. The van der Waals surface area contributed by atoms with Gasteiger partial charge in [0.2, 0.25) is 0 Å². The molecule has 1 aromatic rings. The fraction of sp³-hybridized carbons (Fsp3) is 0.417. The Labute approximate surface area is 116 Å². The first-order valence-electron chi connectivity index (χ1n) is 5.28. The first-order valence-corrected chi connectivity index (χ1v) is 5.65. The van der Waals surface area contributed by atoms with Crippen LogP contribution in [-0.4, -0.2) is 12.7 Å². The van der Waals surface area contributed by atoms with E-state index < -0.39 is 11.9 Å². The second-order valence-corrected chi connectivity index (χ2v) is 5.28. The van der Waals surface area contributed by atoms with E-state index >= 15 is 0 Å². The normalized spacial score (nSPS) is 21.6. The van der Waals surface area contributed by atoms with E-state index in [9.17, 15) is 9.18 Å². The van der Waals surface area contributed by atoms with Crippen molar-refractivity contribution in [1.82, 2.24) is 5.32 Å². The van der Waals surface area contributed by atoms with Gasteiger partial charge in [-0.15, -0.1) is 12.4 Å². The van der Waals surface area contributed by atoms with Crippen molar-refractivity contribution in [3.05, 3.63) is 34.6 Å². The highest BCUT2D eigenvalue weighted by Crippen LogP contribution is 2.37. The maximum Gasteiger partial charge on any atom is 0.407 e. The molecule has 2 rings (SSSR count). The molecule has 100 valence electrons. The van der Waals surface area contributed by atoms with Gasteiger partial charge in [-0.1, -0.05) is 25.4 Å². The molecule has 0 spiro atoms. The van der Waals surface area contributed by atoms with Crippen molar-refractivity contribution in [2.24, 2.45) is 5.41 Å². The van der Waals surface area contributed by atoms with E-state index in [2.05, 4.69) is 5.32 Å². The Balaban J connectivity index is 0.00000162. The molecule has 1 aliphatic heterocycles. The van der Waals surface area contributed by atoms with Gasteiger partial charge < -0.3 is 10.1 Å². The second-order valence-electron chi connectivity index (χ2n) is 4.84. The predicted molar refractivity (Wildman–Crippen MR) is 69.7 cm³/mol. The largest absolute Gasteiger partial charge is 0.449 e. The quantitative estimate of drug-likeness (QED) is 0.857. The molecule has 1 heterocycles. The summed E-state index contributed by atoms with van der Waals surface area (Å²) in [6.45, 7) is 4.17. The Bertz CT molecular complexity index is 445. The van der Waals surface area contributed by atoms with Crippen LogP contribution in [0.5, 0.6) is 0 Å². The van der Waals surface area contributed by atoms with Crippen LogP contribution in [0, 0.1) is 11.2 Å². The van der Waals surface area contributed by atoms with Crippen molar-refractivity contribution in [2.75, 3.05) is 6.61 Å². The van der Waals surface area contributed by atoms with Crippen LogP contribution in [0.4, 0.5) is 9.18 Å². The summed E-state index contributed by atoms with van der Waals surface area (Å²) in [6, 6.07) is 3.96. The van der Waals surface area contributed by atoms with Crippen molar-refractivity contribution in [3.8, 4) is 0 Å². The average molecular weight is 294 g/mol. The molecular formula is C12H14Cl2FNO2. The molecule has 0 unspecified atom stereocenters. The second kappa shape index (κ2) is 5.33. The van der Waals surface area contributed by atoms with Crippen LogP contribution in [0.2, 0.25) is 5.02 Å². The minimum Gasteiger partial charge on any atom is -0.449 e. The van der Waals surface area contributed by atoms with E-state index in [4.69, 9.17) is 16.3 Å². The highest BCUT2D eigenvalue weighted by atomic mass is 35.5. The highest BCUT2D eigenvalue weighted by Gasteiger charge is 2.38. The number of carbonyl (C=O) groups excluding carboxylic acids is 1. The standard InChI is InChI=1S/C12H13ClFNO2.ClH/c1-12(2)6-17-11(16)15-10(12)7-3-8(13)5-9(14)4-7;/h3-5,10H,6H2,1-2H3,(H,15,16);1H/t10-;/m0./s1. The number of ether oxygens (including phenoxy) is 1. The van der Waals surface area contributed by atoms with E-state index in [1.54, 1.807) is 6.07 Å². The van der Waals surface area contributed by atoms with Crippen molar-refractivity contribution in [3.63, 3.8) is 0 Å². The molecule has 3 nitrogen and oxygen atoms in total.